The number of hydrogen-bond donors (Lipinski definition) is 1. The van der Waals surface area contributed by atoms with E-state index in [1.807, 2.05) is 13.8 Å². The first-order chi connectivity index (χ1) is 12.2. The first-order valence-electron chi connectivity index (χ1n) is 8.07. The molecule has 2 rings (SSSR count). The molecule has 1 aromatic rings. The molecule has 1 aliphatic heterocycles. The average molecular weight is 381 g/mol. The van der Waals surface area contributed by atoms with Crippen LogP contribution in [0.2, 0.25) is 0 Å². The van der Waals surface area contributed by atoms with E-state index in [-0.39, 0.29) is 17.5 Å². The van der Waals surface area contributed by atoms with Crippen molar-refractivity contribution < 1.29 is 22.7 Å². The zero-order valence-electron chi connectivity index (χ0n) is 15.4. The van der Waals surface area contributed by atoms with Crippen molar-refractivity contribution >= 4 is 21.8 Å². The zero-order chi connectivity index (χ0) is 19.5. The van der Waals surface area contributed by atoms with E-state index in [0.717, 1.165) is 10.7 Å². The van der Waals surface area contributed by atoms with Gasteiger partial charge in [0.05, 0.1) is 19.9 Å². The number of benzene rings is 1. The van der Waals surface area contributed by atoms with Crippen LogP contribution in [0.25, 0.3) is 0 Å². The first kappa shape index (κ1) is 19.8. The third kappa shape index (κ3) is 3.98. The molecular weight excluding hydrogens is 358 g/mol. The molecule has 142 valence electrons. The first-order valence-corrected chi connectivity index (χ1v) is 9.47. The minimum atomic E-state index is -4.04. The number of hydrogen-bond acceptors (Lipinski definition) is 5. The summed E-state index contributed by atoms with van der Waals surface area (Å²) in [5, 5.41) is 2.77. The molecule has 8 nitrogen and oxygen atoms in total. The summed E-state index contributed by atoms with van der Waals surface area (Å²) in [5.74, 6) is 0.445. The molecule has 1 atom stereocenters. The molecule has 0 fully saturated rings. The molecule has 0 aromatic heterocycles. The van der Waals surface area contributed by atoms with Gasteiger partial charge >= 0.3 is 10.2 Å². The van der Waals surface area contributed by atoms with Crippen molar-refractivity contribution in [2.24, 2.45) is 4.40 Å². The Bertz CT molecular complexity index is 861. The molecule has 1 N–H and O–H groups in total. The standard InChI is InChI=1S/C17H23N3O5S/c1-6-11(2)18-17(21)15-10-14(19-26(22,23)20(15)3)13-9-12(24-4)7-8-16(13)25-5/h7-11H,6H2,1-5H3,(H,18,21)/t11-/m0/s1. The van der Waals surface area contributed by atoms with Crippen LogP contribution in [0.5, 0.6) is 11.5 Å². The highest BCUT2D eigenvalue weighted by Gasteiger charge is 2.31. The minimum Gasteiger partial charge on any atom is -0.497 e. The van der Waals surface area contributed by atoms with Crippen molar-refractivity contribution in [1.29, 1.82) is 0 Å². The Hall–Kier alpha value is -2.55. The molecule has 1 amide bonds. The smallest absolute Gasteiger partial charge is 0.345 e. The fourth-order valence-corrected chi connectivity index (χ4v) is 3.21. The number of amides is 1. The molecule has 0 spiro atoms. The summed E-state index contributed by atoms with van der Waals surface area (Å²) in [5.41, 5.74) is 0.505. The van der Waals surface area contributed by atoms with Gasteiger partial charge in [0.25, 0.3) is 5.91 Å². The number of likely N-dealkylation sites (N-methyl/N-ethyl adjacent to an activating group) is 1. The topological polar surface area (TPSA) is 97.3 Å². The fraction of sp³-hybridized carbons (Fsp3) is 0.412. The Labute approximate surface area is 153 Å². The van der Waals surface area contributed by atoms with Gasteiger partial charge in [0.1, 0.15) is 17.2 Å². The highest BCUT2D eigenvalue weighted by molar-refractivity contribution is 7.88. The van der Waals surface area contributed by atoms with E-state index in [2.05, 4.69) is 9.71 Å². The lowest BCUT2D eigenvalue weighted by Gasteiger charge is -2.25. The van der Waals surface area contributed by atoms with Gasteiger partial charge in [0.15, 0.2) is 0 Å². The number of nitrogens with zero attached hydrogens (tertiary/aromatic N) is 2. The summed E-state index contributed by atoms with van der Waals surface area (Å²) in [7, 11) is 0.215. The Morgan fingerprint density at radius 3 is 2.58 bits per heavy atom. The van der Waals surface area contributed by atoms with Crippen LogP contribution in [-0.2, 0) is 15.0 Å². The van der Waals surface area contributed by atoms with Gasteiger partial charge in [-0.2, -0.15) is 8.42 Å². The number of carbonyl (C=O) groups excluding carboxylic acids is 1. The molecule has 26 heavy (non-hydrogen) atoms. The number of allylic oxidation sites excluding steroid dienone is 1. The SMILES string of the molecule is CC[C@H](C)NC(=O)C1=CC(c2cc(OC)ccc2OC)=NS(=O)(=O)N1C. The van der Waals surface area contributed by atoms with E-state index in [9.17, 15) is 13.2 Å². The van der Waals surface area contributed by atoms with Gasteiger partial charge in [-0.05, 0) is 37.6 Å². The van der Waals surface area contributed by atoms with Crippen LogP contribution >= 0.6 is 0 Å². The lowest BCUT2D eigenvalue weighted by Crippen LogP contribution is -2.41. The van der Waals surface area contributed by atoms with Crippen molar-refractivity contribution in [2.75, 3.05) is 21.3 Å². The second kappa shape index (κ2) is 7.77. The molecule has 1 aromatic carbocycles. The van der Waals surface area contributed by atoms with Gasteiger partial charge in [0.2, 0.25) is 0 Å². The zero-order valence-corrected chi connectivity index (χ0v) is 16.3. The number of rotatable bonds is 6. The van der Waals surface area contributed by atoms with Gasteiger partial charge in [-0.25, -0.2) is 4.31 Å². The quantitative estimate of drug-likeness (QED) is 0.805. The Morgan fingerprint density at radius 1 is 1.31 bits per heavy atom. The third-order valence-electron chi connectivity index (χ3n) is 4.08. The van der Waals surface area contributed by atoms with E-state index in [0.29, 0.717) is 17.1 Å². The summed E-state index contributed by atoms with van der Waals surface area (Å²) >= 11 is 0. The van der Waals surface area contributed by atoms with Crippen LogP contribution in [0.3, 0.4) is 0 Å². The van der Waals surface area contributed by atoms with Crippen LogP contribution in [0.15, 0.2) is 34.4 Å². The fourth-order valence-electron chi connectivity index (χ4n) is 2.31. The van der Waals surface area contributed by atoms with Gasteiger partial charge in [-0.3, -0.25) is 4.79 Å². The van der Waals surface area contributed by atoms with Crippen molar-refractivity contribution in [3.8, 4) is 11.5 Å². The number of carbonyl (C=O) groups is 1. The van der Waals surface area contributed by atoms with E-state index >= 15 is 0 Å². The van der Waals surface area contributed by atoms with Crippen molar-refractivity contribution in [2.45, 2.75) is 26.3 Å². The molecule has 0 saturated heterocycles. The van der Waals surface area contributed by atoms with Crippen LogP contribution in [0.4, 0.5) is 0 Å². The van der Waals surface area contributed by atoms with Gasteiger partial charge < -0.3 is 14.8 Å². The molecule has 0 bridgehead atoms. The summed E-state index contributed by atoms with van der Waals surface area (Å²) in [6.45, 7) is 3.77. The normalized spacial score (nSPS) is 17.0. The maximum atomic E-state index is 12.5. The Balaban J connectivity index is 2.56. The van der Waals surface area contributed by atoms with E-state index in [1.54, 1.807) is 18.2 Å². The largest absolute Gasteiger partial charge is 0.497 e. The minimum absolute atomic E-state index is 0.0137. The lowest BCUT2D eigenvalue weighted by molar-refractivity contribution is -0.119. The Kier molecular flexibility index (Phi) is 5.91. The molecule has 1 heterocycles. The van der Waals surface area contributed by atoms with Crippen LogP contribution < -0.4 is 14.8 Å². The van der Waals surface area contributed by atoms with Crippen LogP contribution in [0, 0.1) is 0 Å². The molecule has 1 aliphatic rings. The van der Waals surface area contributed by atoms with Crippen molar-refractivity contribution in [1.82, 2.24) is 9.62 Å². The number of ether oxygens (including phenoxy) is 2. The molecule has 9 heteroatoms. The lowest BCUT2D eigenvalue weighted by atomic mass is 10.1. The molecule has 0 saturated carbocycles. The van der Waals surface area contributed by atoms with Crippen LogP contribution in [0.1, 0.15) is 25.8 Å². The molecule has 0 aliphatic carbocycles. The van der Waals surface area contributed by atoms with Crippen molar-refractivity contribution in [3.63, 3.8) is 0 Å². The van der Waals surface area contributed by atoms with Crippen molar-refractivity contribution in [3.05, 3.63) is 35.5 Å². The maximum absolute atomic E-state index is 12.5. The monoisotopic (exact) mass is 381 g/mol. The third-order valence-corrected chi connectivity index (χ3v) is 5.39. The second-order valence-electron chi connectivity index (χ2n) is 5.80. The highest BCUT2D eigenvalue weighted by atomic mass is 32.2. The summed E-state index contributed by atoms with van der Waals surface area (Å²) < 4.78 is 40.0. The van der Waals surface area contributed by atoms with Crippen LogP contribution in [-0.4, -0.2) is 51.7 Å². The number of nitrogens with one attached hydrogen (secondary N) is 1. The van der Waals surface area contributed by atoms with Gasteiger partial charge in [0, 0.05) is 18.7 Å². The summed E-state index contributed by atoms with van der Waals surface area (Å²) in [4.78, 5) is 12.5. The Morgan fingerprint density at radius 2 is 2.00 bits per heavy atom. The predicted molar refractivity (Wildman–Crippen MR) is 98.7 cm³/mol. The highest BCUT2D eigenvalue weighted by Crippen LogP contribution is 2.28. The van der Waals surface area contributed by atoms with Gasteiger partial charge in [-0.1, -0.05) is 6.92 Å². The molecule has 0 radical (unpaired) electrons. The maximum Gasteiger partial charge on any atom is 0.345 e. The molecular formula is C17H23N3O5S. The van der Waals surface area contributed by atoms with E-state index in [4.69, 9.17) is 9.47 Å². The predicted octanol–water partition coefficient (Wildman–Crippen LogP) is 1.48. The summed E-state index contributed by atoms with van der Waals surface area (Å²) in [6, 6.07) is 4.85. The average Bonchev–Trinajstić information content (AvgIpc) is 2.62. The summed E-state index contributed by atoms with van der Waals surface area (Å²) in [6.07, 6.45) is 2.15. The van der Waals surface area contributed by atoms with Gasteiger partial charge in [-0.15, -0.1) is 4.40 Å². The van der Waals surface area contributed by atoms with E-state index in [1.165, 1.54) is 27.3 Å². The second-order valence-corrected chi connectivity index (χ2v) is 7.43. The number of methoxy groups -OCH3 is 2. The molecule has 0 unspecified atom stereocenters. The van der Waals surface area contributed by atoms with E-state index < -0.39 is 16.1 Å².